The van der Waals surface area contributed by atoms with Crippen molar-refractivity contribution in [1.29, 1.82) is 0 Å². The highest BCUT2D eigenvalue weighted by atomic mass is 32.2. The largest absolute Gasteiger partial charge is 0.486 e. The van der Waals surface area contributed by atoms with Gasteiger partial charge in [0.2, 0.25) is 0 Å². The molecule has 0 saturated carbocycles. The fourth-order valence-electron chi connectivity index (χ4n) is 3.40. The van der Waals surface area contributed by atoms with Crippen molar-refractivity contribution in [2.24, 2.45) is 4.99 Å². The molecule has 6 nitrogen and oxygen atoms in total. The van der Waals surface area contributed by atoms with Gasteiger partial charge in [0.15, 0.2) is 26.5 Å². The summed E-state index contributed by atoms with van der Waals surface area (Å²) in [6.07, 6.45) is 2.15. The lowest BCUT2D eigenvalue weighted by atomic mass is 10.1. The third kappa shape index (κ3) is 3.44. The van der Waals surface area contributed by atoms with Crippen LogP contribution in [0.1, 0.15) is 13.8 Å². The van der Waals surface area contributed by atoms with Gasteiger partial charge in [0, 0.05) is 17.5 Å². The number of anilines is 1. The van der Waals surface area contributed by atoms with Crippen LogP contribution in [-0.2, 0) is 9.84 Å². The second-order valence-corrected chi connectivity index (χ2v) is 10.1. The van der Waals surface area contributed by atoms with Crippen molar-refractivity contribution in [3.8, 4) is 11.5 Å². The van der Waals surface area contributed by atoms with Crippen LogP contribution in [0, 0.1) is 0 Å². The van der Waals surface area contributed by atoms with Crippen LogP contribution in [0.2, 0.25) is 0 Å². The molecule has 0 aromatic heterocycles. The SMILES string of the molecule is CC(C)=CCSC1=N[C@@H]2CS(=O)(=O)C[C@H]2N1c1ccc2c(c1)OCCO2. The van der Waals surface area contributed by atoms with Crippen molar-refractivity contribution in [3.63, 3.8) is 0 Å². The number of nitrogens with zero attached hydrogens (tertiary/aromatic N) is 2. The minimum atomic E-state index is -3.05. The fourth-order valence-corrected chi connectivity index (χ4v) is 6.40. The van der Waals surface area contributed by atoms with E-state index >= 15 is 0 Å². The lowest BCUT2D eigenvalue weighted by Gasteiger charge is -2.28. The van der Waals surface area contributed by atoms with Crippen LogP contribution in [0.15, 0.2) is 34.8 Å². The number of fused-ring (bicyclic) bond motifs is 2. The zero-order chi connectivity index (χ0) is 18.3. The Morgan fingerprint density at radius 2 is 2.04 bits per heavy atom. The maximum absolute atomic E-state index is 12.1. The predicted octanol–water partition coefficient (Wildman–Crippen LogP) is 2.50. The third-order valence-electron chi connectivity index (χ3n) is 4.62. The Bertz CT molecular complexity index is 875. The Morgan fingerprint density at radius 3 is 2.81 bits per heavy atom. The molecule has 1 aromatic rings. The number of sulfone groups is 1. The predicted molar refractivity (Wildman–Crippen MR) is 105 cm³/mol. The second-order valence-electron chi connectivity index (χ2n) is 6.91. The highest BCUT2D eigenvalue weighted by Gasteiger charge is 2.47. The van der Waals surface area contributed by atoms with E-state index < -0.39 is 9.84 Å². The van der Waals surface area contributed by atoms with Crippen molar-refractivity contribution in [1.82, 2.24) is 0 Å². The van der Waals surface area contributed by atoms with E-state index in [9.17, 15) is 8.42 Å². The van der Waals surface area contributed by atoms with E-state index in [0.29, 0.717) is 19.0 Å². The van der Waals surface area contributed by atoms with E-state index in [1.165, 1.54) is 5.57 Å². The lowest BCUT2D eigenvalue weighted by Crippen LogP contribution is -2.39. The number of benzene rings is 1. The third-order valence-corrected chi connectivity index (χ3v) is 7.21. The summed E-state index contributed by atoms with van der Waals surface area (Å²) in [5.74, 6) is 2.51. The van der Waals surface area contributed by atoms with Crippen LogP contribution in [0.3, 0.4) is 0 Å². The first-order chi connectivity index (χ1) is 12.4. The van der Waals surface area contributed by atoms with Gasteiger partial charge in [0.05, 0.1) is 23.6 Å². The van der Waals surface area contributed by atoms with E-state index in [0.717, 1.165) is 22.4 Å². The molecule has 1 saturated heterocycles. The summed E-state index contributed by atoms with van der Waals surface area (Å²) in [5, 5.41) is 0.879. The van der Waals surface area contributed by atoms with Gasteiger partial charge in [0.25, 0.3) is 0 Å². The van der Waals surface area contributed by atoms with Crippen LogP contribution in [0.25, 0.3) is 0 Å². The standard InChI is InChI=1S/C18H22N2O4S2/c1-12(2)5-8-25-18-19-14-10-26(21,22)11-15(14)20(18)13-3-4-16-17(9-13)24-7-6-23-16/h3-5,9,14-15H,6-8,10-11H2,1-2H3/t14-,15-/m1/s1. The number of allylic oxidation sites excluding steroid dienone is 1. The van der Waals surface area contributed by atoms with E-state index in [4.69, 9.17) is 14.5 Å². The molecule has 1 fully saturated rings. The zero-order valence-electron chi connectivity index (χ0n) is 14.8. The Kier molecular flexibility index (Phi) is 4.64. The molecule has 1 aromatic carbocycles. The molecule has 0 bridgehead atoms. The Hall–Kier alpha value is -1.67. The molecule has 2 atom stereocenters. The van der Waals surface area contributed by atoms with Gasteiger partial charge < -0.3 is 14.4 Å². The highest BCUT2D eigenvalue weighted by molar-refractivity contribution is 8.14. The average molecular weight is 395 g/mol. The summed E-state index contributed by atoms with van der Waals surface area (Å²) in [4.78, 5) is 6.80. The number of ether oxygens (including phenoxy) is 2. The average Bonchev–Trinajstić information content (AvgIpc) is 3.05. The van der Waals surface area contributed by atoms with Gasteiger partial charge in [-0.1, -0.05) is 23.4 Å². The molecule has 4 rings (SSSR count). The second kappa shape index (κ2) is 6.81. The molecule has 0 radical (unpaired) electrons. The zero-order valence-corrected chi connectivity index (χ0v) is 16.5. The molecule has 26 heavy (non-hydrogen) atoms. The Labute approximate surface area is 158 Å². The molecule has 0 N–H and O–H groups in total. The molecule has 8 heteroatoms. The highest BCUT2D eigenvalue weighted by Crippen LogP contribution is 2.39. The molecule has 0 unspecified atom stereocenters. The number of thioether (sulfide) groups is 1. The molecular formula is C18H22N2O4S2. The van der Waals surface area contributed by atoms with Crippen LogP contribution >= 0.6 is 11.8 Å². The first kappa shape index (κ1) is 17.7. The molecular weight excluding hydrogens is 372 g/mol. The van der Waals surface area contributed by atoms with Crippen molar-refractivity contribution in [3.05, 3.63) is 29.8 Å². The van der Waals surface area contributed by atoms with Gasteiger partial charge in [-0.2, -0.15) is 0 Å². The molecule has 3 aliphatic rings. The molecule has 0 spiro atoms. The molecule has 140 valence electrons. The van der Waals surface area contributed by atoms with Crippen LogP contribution < -0.4 is 14.4 Å². The maximum Gasteiger partial charge on any atom is 0.164 e. The van der Waals surface area contributed by atoms with E-state index in [1.54, 1.807) is 11.8 Å². The summed E-state index contributed by atoms with van der Waals surface area (Å²) in [5.41, 5.74) is 2.16. The number of hydrogen-bond donors (Lipinski definition) is 0. The Balaban J connectivity index is 1.66. The van der Waals surface area contributed by atoms with Gasteiger partial charge in [-0.25, -0.2) is 8.42 Å². The molecule has 3 aliphatic heterocycles. The first-order valence-corrected chi connectivity index (χ1v) is 11.5. The minimum absolute atomic E-state index is 0.130. The summed E-state index contributed by atoms with van der Waals surface area (Å²) in [6.45, 7) is 5.20. The number of hydrogen-bond acceptors (Lipinski definition) is 7. The summed E-state index contributed by atoms with van der Waals surface area (Å²) in [6, 6.07) is 5.44. The van der Waals surface area contributed by atoms with Crippen LogP contribution in [0.5, 0.6) is 11.5 Å². The van der Waals surface area contributed by atoms with E-state index in [-0.39, 0.29) is 23.6 Å². The molecule has 3 heterocycles. The van der Waals surface area contributed by atoms with Gasteiger partial charge >= 0.3 is 0 Å². The van der Waals surface area contributed by atoms with Gasteiger partial charge in [-0.15, -0.1) is 0 Å². The Morgan fingerprint density at radius 1 is 1.27 bits per heavy atom. The summed E-state index contributed by atoms with van der Waals surface area (Å²) in [7, 11) is -3.05. The monoisotopic (exact) mass is 394 g/mol. The fraction of sp³-hybridized carbons (Fsp3) is 0.500. The minimum Gasteiger partial charge on any atom is -0.486 e. The molecule has 0 amide bonds. The molecule has 0 aliphatic carbocycles. The van der Waals surface area contributed by atoms with Crippen LogP contribution in [0.4, 0.5) is 5.69 Å². The van der Waals surface area contributed by atoms with Gasteiger partial charge in [-0.05, 0) is 26.0 Å². The van der Waals surface area contributed by atoms with Crippen molar-refractivity contribution in [2.75, 3.05) is 35.4 Å². The van der Waals surface area contributed by atoms with Gasteiger partial charge in [0.1, 0.15) is 13.2 Å². The smallest absolute Gasteiger partial charge is 0.164 e. The van der Waals surface area contributed by atoms with E-state index in [1.807, 2.05) is 18.2 Å². The number of amidine groups is 1. The van der Waals surface area contributed by atoms with E-state index in [2.05, 4.69) is 24.8 Å². The topological polar surface area (TPSA) is 68.2 Å². The van der Waals surface area contributed by atoms with Crippen LogP contribution in [-0.4, -0.2) is 56.1 Å². The van der Waals surface area contributed by atoms with Crippen molar-refractivity contribution >= 4 is 32.5 Å². The van der Waals surface area contributed by atoms with Crippen molar-refractivity contribution in [2.45, 2.75) is 25.9 Å². The van der Waals surface area contributed by atoms with Crippen molar-refractivity contribution < 1.29 is 17.9 Å². The quantitative estimate of drug-likeness (QED) is 0.734. The lowest BCUT2D eigenvalue weighted by molar-refractivity contribution is 0.171. The first-order valence-electron chi connectivity index (χ1n) is 8.66. The number of rotatable bonds is 3. The summed E-state index contributed by atoms with van der Waals surface area (Å²) >= 11 is 1.64. The maximum atomic E-state index is 12.1. The van der Waals surface area contributed by atoms with Gasteiger partial charge in [-0.3, -0.25) is 4.99 Å². The number of aliphatic imine (C=N–C) groups is 1. The normalized spacial score (nSPS) is 25.6. The summed E-state index contributed by atoms with van der Waals surface area (Å²) < 4.78 is 35.5.